The fraction of sp³-hybridized carbons (Fsp3) is 0.963. The van der Waals surface area contributed by atoms with Crippen LogP contribution in [0.15, 0.2) is 0 Å². The van der Waals surface area contributed by atoms with Crippen LogP contribution in [0.5, 0.6) is 0 Å². The van der Waals surface area contributed by atoms with Gasteiger partial charge in [0.25, 0.3) is 0 Å². The Morgan fingerprint density at radius 3 is 0.974 bits per heavy atom. The highest BCUT2D eigenvalue weighted by Crippen LogP contribution is 2.04. The van der Waals surface area contributed by atoms with Gasteiger partial charge < -0.3 is 47.7 Å². The predicted molar refractivity (Wildman–Crippen MR) is 143 cm³/mol. The van der Waals surface area contributed by atoms with Crippen LogP contribution in [0.3, 0.4) is 0 Å². The lowest BCUT2D eigenvalue weighted by Crippen LogP contribution is -2.15. The van der Waals surface area contributed by atoms with E-state index in [1.54, 1.807) is 0 Å². The molecule has 0 unspecified atom stereocenters. The molecule has 0 saturated heterocycles. The second-order valence-corrected chi connectivity index (χ2v) is 8.42. The van der Waals surface area contributed by atoms with Crippen LogP contribution in [0.4, 0.5) is 0 Å². The molecule has 0 fully saturated rings. The topological polar surface area (TPSA) is 120 Å². The number of hydrogen-bond donors (Lipinski definition) is 1. The summed E-state index contributed by atoms with van der Waals surface area (Å²) in [6.07, 6.45) is 7.67. The fourth-order valence-electron chi connectivity index (χ4n) is 3.01. The fourth-order valence-corrected chi connectivity index (χ4v) is 3.01. The van der Waals surface area contributed by atoms with Gasteiger partial charge in [-0.05, 0) is 6.42 Å². The molecule has 0 saturated carbocycles. The number of ether oxygens (including phenoxy) is 9. The van der Waals surface area contributed by atoms with Gasteiger partial charge in [0, 0.05) is 6.61 Å². The van der Waals surface area contributed by atoms with Gasteiger partial charge in [0.05, 0.1) is 119 Å². The zero-order valence-corrected chi connectivity index (χ0v) is 23.7. The minimum absolute atomic E-state index is 0.00464. The predicted octanol–water partition coefficient (Wildman–Crippen LogP) is 2.97. The van der Waals surface area contributed by atoms with Crippen LogP contribution in [-0.2, 0) is 47.4 Å². The Balaban J connectivity index is 3.02. The molecule has 38 heavy (non-hydrogen) atoms. The average Bonchev–Trinajstić information content (AvgIpc) is 2.91. The zero-order valence-electron chi connectivity index (χ0n) is 23.7. The normalized spacial score (nSPS) is 11.4. The smallest absolute Gasteiger partial charge is 0.305 e. The SMILES string of the molecule is CCCCCCCCOCCOCCOCCOCCOCCOCCOCCOCCOCCC(=O)O. The summed E-state index contributed by atoms with van der Waals surface area (Å²) in [5.74, 6) is -0.868. The van der Waals surface area contributed by atoms with Crippen molar-refractivity contribution in [3.63, 3.8) is 0 Å². The maximum absolute atomic E-state index is 10.3. The summed E-state index contributed by atoms with van der Waals surface area (Å²) in [4.78, 5) is 10.3. The van der Waals surface area contributed by atoms with Crippen molar-refractivity contribution in [1.29, 1.82) is 0 Å². The van der Waals surface area contributed by atoms with Gasteiger partial charge in [0.2, 0.25) is 0 Å². The third kappa shape index (κ3) is 35.1. The molecule has 228 valence electrons. The first kappa shape index (κ1) is 37.1. The molecule has 0 spiro atoms. The van der Waals surface area contributed by atoms with Crippen LogP contribution in [-0.4, -0.2) is 130 Å². The quantitative estimate of drug-likeness (QED) is 0.118. The van der Waals surface area contributed by atoms with Crippen molar-refractivity contribution in [3.05, 3.63) is 0 Å². The molecular formula is C27H54O11. The molecule has 0 rings (SSSR count). The van der Waals surface area contributed by atoms with E-state index < -0.39 is 5.97 Å². The first-order chi connectivity index (χ1) is 18.8. The van der Waals surface area contributed by atoms with E-state index in [0.29, 0.717) is 106 Å². The van der Waals surface area contributed by atoms with Gasteiger partial charge in [0.1, 0.15) is 0 Å². The van der Waals surface area contributed by atoms with Gasteiger partial charge >= 0.3 is 5.97 Å². The first-order valence-electron chi connectivity index (χ1n) is 14.2. The Hall–Kier alpha value is -0.890. The lowest BCUT2D eigenvalue weighted by Gasteiger charge is -2.09. The van der Waals surface area contributed by atoms with Crippen LogP contribution < -0.4 is 0 Å². The van der Waals surface area contributed by atoms with E-state index in [2.05, 4.69) is 6.92 Å². The monoisotopic (exact) mass is 554 g/mol. The second kappa shape index (κ2) is 34.1. The summed E-state index contributed by atoms with van der Waals surface area (Å²) in [6.45, 7) is 11.4. The van der Waals surface area contributed by atoms with Gasteiger partial charge in [-0.2, -0.15) is 0 Å². The van der Waals surface area contributed by atoms with Crippen molar-refractivity contribution in [2.75, 3.05) is 119 Å². The Kier molecular flexibility index (Phi) is 33.3. The van der Waals surface area contributed by atoms with Crippen molar-refractivity contribution in [1.82, 2.24) is 0 Å². The van der Waals surface area contributed by atoms with Crippen LogP contribution in [0.2, 0.25) is 0 Å². The highest BCUT2D eigenvalue weighted by molar-refractivity contribution is 5.66. The number of carboxylic acids is 1. The summed E-state index contributed by atoms with van der Waals surface area (Å²) < 4.78 is 48.7. The molecule has 0 aromatic rings. The number of rotatable bonds is 34. The van der Waals surface area contributed by atoms with Crippen molar-refractivity contribution < 1.29 is 52.5 Å². The number of hydrogen-bond acceptors (Lipinski definition) is 10. The Bertz CT molecular complexity index is 455. The van der Waals surface area contributed by atoms with E-state index in [1.807, 2.05) is 0 Å². The summed E-state index contributed by atoms with van der Waals surface area (Å²) in [5, 5.41) is 8.47. The molecule has 0 heterocycles. The van der Waals surface area contributed by atoms with E-state index in [1.165, 1.54) is 32.1 Å². The summed E-state index contributed by atoms with van der Waals surface area (Å²) >= 11 is 0. The minimum Gasteiger partial charge on any atom is -0.481 e. The molecule has 0 radical (unpaired) electrons. The van der Waals surface area contributed by atoms with Gasteiger partial charge in [-0.15, -0.1) is 0 Å². The highest BCUT2D eigenvalue weighted by Gasteiger charge is 1.97. The number of carbonyl (C=O) groups is 1. The molecule has 11 heteroatoms. The van der Waals surface area contributed by atoms with Crippen molar-refractivity contribution in [2.45, 2.75) is 51.9 Å². The molecular weight excluding hydrogens is 500 g/mol. The van der Waals surface area contributed by atoms with Gasteiger partial charge in [-0.3, -0.25) is 4.79 Å². The number of unbranched alkanes of at least 4 members (excludes halogenated alkanes) is 5. The van der Waals surface area contributed by atoms with Crippen molar-refractivity contribution >= 4 is 5.97 Å². The summed E-state index contributed by atoms with van der Waals surface area (Å²) in [6, 6.07) is 0. The Morgan fingerprint density at radius 1 is 0.395 bits per heavy atom. The molecule has 0 atom stereocenters. The molecule has 0 aromatic carbocycles. The van der Waals surface area contributed by atoms with Crippen LogP contribution in [0, 0.1) is 0 Å². The largest absolute Gasteiger partial charge is 0.481 e. The molecule has 11 nitrogen and oxygen atoms in total. The third-order valence-electron chi connectivity index (χ3n) is 5.08. The van der Waals surface area contributed by atoms with E-state index in [-0.39, 0.29) is 13.0 Å². The Labute approximate surface area is 229 Å². The molecule has 0 aliphatic rings. The average molecular weight is 555 g/mol. The van der Waals surface area contributed by atoms with Gasteiger partial charge in [-0.25, -0.2) is 0 Å². The molecule has 0 aliphatic heterocycles. The first-order valence-corrected chi connectivity index (χ1v) is 14.2. The summed E-state index contributed by atoms with van der Waals surface area (Å²) in [5.41, 5.74) is 0. The molecule has 0 aliphatic carbocycles. The highest BCUT2D eigenvalue weighted by atomic mass is 16.6. The van der Waals surface area contributed by atoms with Crippen LogP contribution in [0.1, 0.15) is 51.9 Å². The van der Waals surface area contributed by atoms with Gasteiger partial charge in [-0.1, -0.05) is 39.0 Å². The molecule has 0 aromatic heterocycles. The lowest BCUT2D eigenvalue weighted by atomic mass is 10.1. The molecule has 0 bridgehead atoms. The summed E-state index contributed by atoms with van der Waals surface area (Å²) in [7, 11) is 0. The van der Waals surface area contributed by atoms with Crippen LogP contribution in [0.25, 0.3) is 0 Å². The van der Waals surface area contributed by atoms with Crippen molar-refractivity contribution in [3.8, 4) is 0 Å². The van der Waals surface area contributed by atoms with E-state index in [9.17, 15) is 4.79 Å². The standard InChI is InChI=1S/C27H54O11/c1-2-3-4-5-6-7-9-30-11-13-32-15-17-34-19-21-36-23-25-38-26-24-37-22-20-35-18-16-33-14-12-31-10-8-27(28)29/h2-26H2,1H3,(H,28,29). The lowest BCUT2D eigenvalue weighted by molar-refractivity contribution is -0.138. The van der Waals surface area contributed by atoms with E-state index in [4.69, 9.17) is 47.7 Å². The van der Waals surface area contributed by atoms with Crippen molar-refractivity contribution in [2.24, 2.45) is 0 Å². The molecule has 0 amide bonds. The zero-order chi connectivity index (χ0) is 27.6. The third-order valence-corrected chi connectivity index (χ3v) is 5.08. The number of carboxylic acid groups (broad SMARTS) is 1. The van der Waals surface area contributed by atoms with E-state index in [0.717, 1.165) is 13.0 Å². The van der Waals surface area contributed by atoms with Gasteiger partial charge in [0.15, 0.2) is 0 Å². The maximum Gasteiger partial charge on any atom is 0.305 e. The number of aliphatic carboxylic acids is 1. The van der Waals surface area contributed by atoms with Crippen LogP contribution >= 0.6 is 0 Å². The minimum atomic E-state index is -0.868. The molecule has 1 N–H and O–H groups in total. The Morgan fingerprint density at radius 2 is 0.658 bits per heavy atom. The maximum atomic E-state index is 10.3. The van der Waals surface area contributed by atoms with E-state index >= 15 is 0 Å². The second-order valence-electron chi connectivity index (χ2n) is 8.42.